The first-order valence-electron chi connectivity index (χ1n) is 15.2. The van der Waals surface area contributed by atoms with Crippen molar-refractivity contribution in [1.82, 2.24) is 0 Å². The van der Waals surface area contributed by atoms with Gasteiger partial charge in [0.1, 0.15) is 23.7 Å². The summed E-state index contributed by atoms with van der Waals surface area (Å²) in [6.45, 7) is 0. The second-order valence-corrected chi connectivity index (χ2v) is 11.3. The summed E-state index contributed by atoms with van der Waals surface area (Å²) in [4.78, 5) is 45.8. The van der Waals surface area contributed by atoms with Crippen molar-refractivity contribution in [3.05, 3.63) is 152 Å². The maximum Gasteiger partial charge on any atom is 0.381 e. The molecule has 0 N–H and O–H groups in total. The van der Waals surface area contributed by atoms with Gasteiger partial charge in [-0.2, -0.15) is 0 Å². The summed E-state index contributed by atoms with van der Waals surface area (Å²) in [6.07, 6.45) is -0.348. The molecule has 48 heavy (non-hydrogen) atoms. The number of nitrogens with zero attached hydrogens (tertiary/aromatic N) is 2. The average Bonchev–Trinajstić information content (AvgIpc) is 3.63. The van der Waals surface area contributed by atoms with Crippen LogP contribution in [0, 0.1) is 32.1 Å². The van der Waals surface area contributed by atoms with E-state index in [1.54, 1.807) is 24.3 Å². The predicted molar refractivity (Wildman–Crippen MR) is 172 cm³/mol. The van der Waals surface area contributed by atoms with Crippen molar-refractivity contribution in [1.29, 1.82) is 0 Å². The van der Waals surface area contributed by atoms with Gasteiger partial charge in [0.05, 0.1) is 26.1 Å². The van der Waals surface area contributed by atoms with Gasteiger partial charge in [0.25, 0.3) is 0 Å². The molecule has 0 spiro atoms. The number of hydrogen-bond donors (Lipinski definition) is 0. The standard InChI is InChI=1S/2C18H17NO5/c2*1-23-18(20)16(19(21)22)15-11-12-7-5-6-10-14(12)17(15)24-13-8-3-2-4-9-13/h2*2-10,15-17H,11H2,1H3/t2*15-,16-,17+/m10/s1. The van der Waals surface area contributed by atoms with Gasteiger partial charge in [-0.25, -0.2) is 9.59 Å². The van der Waals surface area contributed by atoms with Crippen molar-refractivity contribution in [3.63, 3.8) is 0 Å². The normalized spacial score (nSPS) is 20.0. The second kappa shape index (κ2) is 15.2. The van der Waals surface area contributed by atoms with E-state index < -0.39 is 57.9 Å². The van der Waals surface area contributed by atoms with Crippen LogP contribution < -0.4 is 9.47 Å². The van der Waals surface area contributed by atoms with Crippen molar-refractivity contribution in [2.24, 2.45) is 11.8 Å². The number of nitro groups is 2. The molecule has 0 amide bonds. The van der Waals surface area contributed by atoms with E-state index >= 15 is 0 Å². The molecule has 2 aliphatic rings. The van der Waals surface area contributed by atoms with Gasteiger partial charge in [0, 0.05) is 9.85 Å². The Morgan fingerprint density at radius 3 is 1.25 bits per heavy atom. The van der Waals surface area contributed by atoms with Crippen LogP contribution in [0.3, 0.4) is 0 Å². The van der Waals surface area contributed by atoms with Crippen molar-refractivity contribution >= 4 is 11.9 Å². The Balaban J connectivity index is 0.000000188. The lowest BCUT2D eigenvalue weighted by atomic mass is 9.94. The van der Waals surface area contributed by atoms with Gasteiger partial charge < -0.3 is 18.9 Å². The van der Waals surface area contributed by atoms with Crippen LogP contribution in [0.2, 0.25) is 0 Å². The van der Waals surface area contributed by atoms with Crippen molar-refractivity contribution in [2.75, 3.05) is 14.2 Å². The number of esters is 2. The van der Waals surface area contributed by atoms with E-state index in [1.165, 1.54) is 0 Å². The lowest BCUT2D eigenvalue weighted by molar-refractivity contribution is -0.521. The fourth-order valence-electron chi connectivity index (χ4n) is 6.40. The van der Waals surface area contributed by atoms with E-state index in [0.29, 0.717) is 24.3 Å². The van der Waals surface area contributed by atoms with Gasteiger partial charge in [-0.05, 0) is 59.4 Å². The zero-order valence-electron chi connectivity index (χ0n) is 26.2. The van der Waals surface area contributed by atoms with Crippen LogP contribution >= 0.6 is 0 Å². The molecule has 0 aromatic heterocycles. The number of hydrogen-bond acceptors (Lipinski definition) is 10. The van der Waals surface area contributed by atoms with Gasteiger partial charge in [0.15, 0.2) is 0 Å². The molecule has 4 aromatic rings. The van der Waals surface area contributed by atoms with Crippen LogP contribution in [0.15, 0.2) is 109 Å². The molecule has 0 heterocycles. The molecule has 4 aromatic carbocycles. The Labute approximate surface area is 276 Å². The lowest BCUT2D eigenvalue weighted by Crippen LogP contribution is -2.41. The first-order valence-corrected chi connectivity index (χ1v) is 15.2. The SMILES string of the molecule is COC(=O)[C@@H]([C@H]1Cc2ccccc2[C@@H]1Oc1ccccc1)[N+](=O)[O-].COC(=O)[C@H]([C@@H]1Cc2ccccc2[C@H]1Oc1ccccc1)[N+](=O)[O-]. The van der Waals surface area contributed by atoms with Gasteiger partial charge >= 0.3 is 24.0 Å². The van der Waals surface area contributed by atoms with Gasteiger partial charge in [-0.1, -0.05) is 84.9 Å². The number of methoxy groups -OCH3 is 2. The van der Waals surface area contributed by atoms with Crippen LogP contribution in [0.1, 0.15) is 34.5 Å². The Hall–Kier alpha value is -5.78. The van der Waals surface area contributed by atoms with Crippen LogP contribution in [0.5, 0.6) is 11.5 Å². The van der Waals surface area contributed by atoms with E-state index in [-0.39, 0.29) is 0 Å². The number of carbonyl (C=O) groups is 2. The summed E-state index contributed by atoms with van der Waals surface area (Å²) < 4.78 is 21.4. The third-order valence-corrected chi connectivity index (χ3v) is 8.58. The van der Waals surface area contributed by atoms with E-state index in [1.807, 2.05) is 84.9 Å². The minimum atomic E-state index is -1.46. The first-order chi connectivity index (χ1) is 23.2. The quantitative estimate of drug-likeness (QED) is 0.120. The van der Waals surface area contributed by atoms with Crippen LogP contribution in [0.4, 0.5) is 0 Å². The molecular formula is C36H34N2O10. The smallest absolute Gasteiger partial charge is 0.381 e. The zero-order valence-corrected chi connectivity index (χ0v) is 26.2. The molecule has 0 saturated heterocycles. The molecule has 0 bridgehead atoms. The van der Waals surface area contributed by atoms with Crippen LogP contribution in [0.25, 0.3) is 0 Å². The molecule has 2 aliphatic carbocycles. The highest BCUT2D eigenvalue weighted by Gasteiger charge is 2.51. The molecule has 12 nitrogen and oxygen atoms in total. The summed E-state index contributed by atoms with van der Waals surface area (Å²) in [5.74, 6) is -1.72. The van der Waals surface area contributed by atoms with E-state index in [9.17, 15) is 29.8 Å². The fourth-order valence-corrected chi connectivity index (χ4v) is 6.40. The summed E-state index contributed by atoms with van der Waals surface area (Å²) >= 11 is 0. The van der Waals surface area contributed by atoms with Crippen LogP contribution in [-0.2, 0) is 31.9 Å². The highest BCUT2D eigenvalue weighted by atomic mass is 16.6. The summed E-state index contributed by atoms with van der Waals surface area (Å²) in [7, 11) is 2.32. The van der Waals surface area contributed by atoms with E-state index in [4.69, 9.17) is 9.47 Å². The third-order valence-electron chi connectivity index (χ3n) is 8.58. The molecule has 12 heteroatoms. The number of rotatable bonds is 10. The van der Waals surface area contributed by atoms with E-state index in [0.717, 1.165) is 36.5 Å². The molecule has 248 valence electrons. The summed E-state index contributed by atoms with van der Waals surface area (Å²) in [5, 5.41) is 23.0. The van der Waals surface area contributed by atoms with Gasteiger partial charge in [0.2, 0.25) is 0 Å². The fraction of sp³-hybridized carbons (Fsp3) is 0.278. The maximum atomic E-state index is 12.0. The minimum Gasteiger partial charge on any atom is -0.485 e. The Morgan fingerprint density at radius 1 is 0.583 bits per heavy atom. The second-order valence-electron chi connectivity index (χ2n) is 11.3. The highest BCUT2D eigenvalue weighted by Crippen LogP contribution is 2.43. The maximum absolute atomic E-state index is 12.0. The summed E-state index contributed by atoms with van der Waals surface area (Å²) in [5.41, 5.74) is 3.67. The Kier molecular flexibility index (Phi) is 10.6. The monoisotopic (exact) mass is 654 g/mol. The molecule has 0 unspecified atom stereocenters. The molecular weight excluding hydrogens is 620 g/mol. The minimum absolute atomic E-state index is 0.397. The van der Waals surface area contributed by atoms with Crippen LogP contribution in [-0.4, -0.2) is 48.1 Å². The topological polar surface area (TPSA) is 157 Å². The molecule has 6 atom stereocenters. The predicted octanol–water partition coefficient (Wildman–Crippen LogP) is 5.59. The molecule has 0 fully saturated rings. The van der Waals surface area contributed by atoms with Crippen molar-refractivity contribution < 1.29 is 38.4 Å². The zero-order chi connectivity index (χ0) is 34.2. The average molecular weight is 655 g/mol. The first kappa shape index (κ1) is 33.6. The number of ether oxygens (including phenoxy) is 4. The van der Waals surface area contributed by atoms with Crippen molar-refractivity contribution in [2.45, 2.75) is 37.1 Å². The van der Waals surface area contributed by atoms with E-state index in [2.05, 4.69) is 9.47 Å². The Bertz CT molecular complexity index is 1620. The number of fused-ring (bicyclic) bond motifs is 2. The summed E-state index contributed by atoms with van der Waals surface area (Å²) in [6, 6.07) is 30.3. The number of para-hydroxylation sites is 2. The molecule has 0 radical (unpaired) electrons. The lowest BCUT2D eigenvalue weighted by Gasteiger charge is -2.23. The Morgan fingerprint density at radius 2 is 0.917 bits per heavy atom. The molecule has 6 rings (SSSR count). The molecule has 0 aliphatic heterocycles. The number of carbonyl (C=O) groups excluding carboxylic acids is 2. The van der Waals surface area contributed by atoms with Gasteiger partial charge in [-0.15, -0.1) is 0 Å². The third kappa shape index (κ3) is 7.27. The van der Waals surface area contributed by atoms with Gasteiger partial charge in [-0.3, -0.25) is 20.2 Å². The largest absolute Gasteiger partial charge is 0.485 e. The highest BCUT2D eigenvalue weighted by molar-refractivity contribution is 5.75. The number of benzene rings is 4. The van der Waals surface area contributed by atoms with Crippen molar-refractivity contribution in [3.8, 4) is 11.5 Å². The molecule has 0 saturated carbocycles.